The van der Waals surface area contributed by atoms with E-state index in [4.69, 9.17) is 0 Å². The Kier molecular flexibility index (Phi) is 5.06. The average Bonchev–Trinajstić information content (AvgIpc) is 2.96. The van der Waals surface area contributed by atoms with Crippen LogP contribution in [-0.4, -0.2) is 28.2 Å². The standard InChI is InChI=1S/C18H16F3NO2S/c19-18(20,21)14-8-6-13(7-9-14)17-22(16(24)11-25-17)10-15(23)12-4-2-1-3-5-12/h1-9,15,17,23H,10-11H2/t15-,17+/m1/s1. The minimum absolute atomic E-state index is 0.0987. The largest absolute Gasteiger partial charge is 0.416 e. The number of hydrogen-bond acceptors (Lipinski definition) is 3. The number of nitrogens with zero attached hydrogens (tertiary/aromatic N) is 1. The fraction of sp³-hybridized carbons (Fsp3) is 0.278. The predicted octanol–water partition coefficient (Wildman–Crippen LogP) is 4.01. The molecule has 0 unspecified atom stereocenters. The van der Waals surface area contributed by atoms with Crippen molar-refractivity contribution in [2.45, 2.75) is 17.7 Å². The molecule has 0 saturated carbocycles. The fourth-order valence-electron chi connectivity index (χ4n) is 2.73. The number of rotatable bonds is 4. The molecule has 0 spiro atoms. The quantitative estimate of drug-likeness (QED) is 0.888. The van der Waals surface area contributed by atoms with Gasteiger partial charge in [-0.2, -0.15) is 13.2 Å². The molecule has 0 aromatic heterocycles. The van der Waals surface area contributed by atoms with Gasteiger partial charge in [0.2, 0.25) is 5.91 Å². The second kappa shape index (κ2) is 7.09. The summed E-state index contributed by atoms with van der Waals surface area (Å²) in [7, 11) is 0. The normalized spacial score (nSPS) is 19.3. The average molecular weight is 367 g/mol. The molecule has 0 radical (unpaired) electrons. The summed E-state index contributed by atoms with van der Waals surface area (Å²) in [6.07, 6.45) is -5.24. The lowest BCUT2D eigenvalue weighted by Gasteiger charge is -2.27. The van der Waals surface area contributed by atoms with E-state index in [1.54, 1.807) is 24.3 Å². The third kappa shape index (κ3) is 3.99. The van der Waals surface area contributed by atoms with Crippen LogP contribution in [0.15, 0.2) is 54.6 Å². The van der Waals surface area contributed by atoms with Crippen molar-refractivity contribution in [2.24, 2.45) is 0 Å². The molecule has 1 N–H and O–H groups in total. The minimum Gasteiger partial charge on any atom is -0.387 e. The number of β-amino-alcohol motifs (C(OH)–C–C–N with tert-alkyl or cyclic N) is 1. The second-order valence-corrected chi connectivity index (χ2v) is 6.82. The van der Waals surface area contributed by atoms with Crippen LogP contribution in [0.5, 0.6) is 0 Å². The number of benzene rings is 2. The number of thioether (sulfide) groups is 1. The number of hydrogen-bond donors (Lipinski definition) is 1. The number of carbonyl (C=O) groups is 1. The topological polar surface area (TPSA) is 40.5 Å². The summed E-state index contributed by atoms with van der Waals surface area (Å²) in [6.45, 7) is 0.0987. The van der Waals surface area contributed by atoms with Gasteiger partial charge in [0.15, 0.2) is 0 Å². The number of alkyl halides is 3. The highest BCUT2D eigenvalue weighted by Gasteiger charge is 2.35. The van der Waals surface area contributed by atoms with E-state index in [1.807, 2.05) is 6.07 Å². The van der Waals surface area contributed by atoms with Gasteiger partial charge in [0.05, 0.1) is 24.0 Å². The first-order valence-corrected chi connectivity index (χ1v) is 8.72. The molecule has 7 heteroatoms. The van der Waals surface area contributed by atoms with Gasteiger partial charge in [0.25, 0.3) is 0 Å². The zero-order valence-electron chi connectivity index (χ0n) is 13.1. The molecule has 132 valence electrons. The van der Waals surface area contributed by atoms with Crippen LogP contribution in [-0.2, 0) is 11.0 Å². The number of aliphatic hydroxyl groups excluding tert-OH is 1. The third-order valence-corrected chi connectivity index (χ3v) is 5.30. The number of carbonyl (C=O) groups excluding carboxylic acids is 1. The van der Waals surface area contributed by atoms with Crippen molar-refractivity contribution < 1.29 is 23.1 Å². The molecule has 1 aliphatic rings. The number of halogens is 3. The maximum absolute atomic E-state index is 12.7. The van der Waals surface area contributed by atoms with Gasteiger partial charge in [-0.1, -0.05) is 42.5 Å². The van der Waals surface area contributed by atoms with Crippen LogP contribution in [0.2, 0.25) is 0 Å². The lowest BCUT2D eigenvalue weighted by atomic mass is 10.1. The van der Waals surface area contributed by atoms with E-state index in [0.29, 0.717) is 11.1 Å². The Morgan fingerprint density at radius 3 is 2.36 bits per heavy atom. The molecule has 1 amide bonds. The van der Waals surface area contributed by atoms with Crippen molar-refractivity contribution in [3.05, 3.63) is 71.3 Å². The molecule has 1 fully saturated rings. The van der Waals surface area contributed by atoms with Crippen molar-refractivity contribution in [3.63, 3.8) is 0 Å². The summed E-state index contributed by atoms with van der Waals surface area (Å²) in [6, 6.07) is 13.8. The Labute approximate surface area is 147 Å². The van der Waals surface area contributed by atoms with E-state index in [-0.39, 0.29) is 18.2 Å². The summed E-state index contributed by atoms with van der Waals surface area (Å²) in [5, 5.41) is 9.97. The van der Waals surface area contributed by atoms with Crippen molar-refractivity contribution >= 4 is 17.7 Å². The van der Waals surface area contributed by atoms with Crippen LogP contribution >= 0.6 is 11.8 Å². The summed E-state index contributed by atoms with van der Waals surface area (Å²) < 4.78 is 38.1. The summed E-state index contributed by atoms with van der Waals surface area (Å²) in [4.78, 5) is 13.7. The predicted molar refractivity (Wildman–Crippen MR) is 89.8 cm³/mol. The van der Waals surface area contributed by atoms with E-state index < -0.39 is 23.2 Å². The Hall–Kier alpha value is -1.99. The van der Waals surface area contributed by atoms with E-state index in [0.717, 1.165) is 12.1 Å². The molecule has 1 saturated heterocycles. The van der Waals surface area contributed by atoms with Crippen molar-refractivity contribution in [3.8, 4) is 0 Å². The van der Waals surface area contributed by atoms with Crippen LogP contribution in [0.25, 0.3) is 0 Å². The first-order chi connectivity index (χ1) is 11.9. The first-order valence-electron chi connectivity index (χ1n) is 7.67. The smallest absolute Gasteiger partial charge is 0.387 e. The molecular weight excluding hydrogens is 351 g/mol. The maximum Gasteiger partial charge on any atom is 0.416 e. The van der Waals surface area contributed by atoms with Gasteiger partial charge in [-0.25, -0.2) is 0 Å². The zero-order chi connectivity index (χ0) is 18.0. The highest BCUT2D eigenvalue weighted by molar-refractivity contribution is 8.00. The molecule has 1 heterocycles. The van der Waals surface area contributed by atoms with Gasteiger partial charge in [0, 0.05) is 0 Å². The van der Waals surface area contributed by atoms with Gasteiger partial charge in [-0.3, -0.25) is 4.79 Å². The number of amides is 1. The van der Waals surface area contributed by atoms with E-state index in [9.17, 15) is 23.1 Å². The maximum atomic E-state index is 12.7. The molecule has 25 heavy (non-hydrogen) atoms. The molecule has 3 rings (SSSR count). The number of aliphatic hydroxyl groups is 1. The summed E-state index contributed by atoms with van der Waals surface area (Å²) in [5.74, 6) is 0.109. The van der Waals surface area contributed by atoms with Gasteiger partial charge in [0.1, 0.15) is 5.37 Å². The Balaban J connectivity index is 1.78. The van der Waals surface area contributed by atoms with Crippen molar-refractivity contribution in [2.75, 3.05) is 12.3 Å². The van der Waals surface area contributed by atoms with Crippen LogP contribution < -0.4 is 0 Å². The van der Waals surface area contributed by atoms with Crippen LogP contribution in [0.3, 0.4) is 0 Å². The SMILES string of the molecule is O=C1CS[C@@H](c2ccc(C(F)(F)F)cc2)N1C[C@@H](O)c1ccccc1. The van der Waals surface area contributed by atoms with Gasteiger partial charge >= 0.3 is 6.18 Å². The molecule has 2 aromatic carbocycles. The molecule has 0 bridgehead atoms. The van der Waals surface area contributed by atoms with Gasteiger partial charge in [-0.15, -0.1) is 11.8 Å². The zero-order valence-corrected chi connectivity index (χ0v) is 13.9. The Morgan fingerprint density at radius 1 is 1.12 bits per heavy atom. The highest BCUT2D eigenvalue weighted by Crippen LogP contribution is 2.40. The molecule has 3 nitrogen and oxygen atoms in total. The lowest BCUT2D eigenvalue weighted by Crippen LogP contribution is -2.32. The van der Waals surface area contributed by atoms with Gasteiger partial charge < -0.3 is 10.0 Å². The van der Waals surface area contributed by atoms with Crippen molar-refractivity contribution in [1.29, 1.82) is 0 Å². The summed E-state index contributed by atoms with van der Waals surface area (Å²) in [5.41, 5.74) is 0.587. The van der Waals surface area contributed by atoms with E-state index in [1.165, 1.54) is 28.8 Å². The molecular formula is C18H16F3NO2S. The highest BCUT2D eigenvalue weighted by atomic mass is 32.2. The fourth-order valence-corrected chi connectivity index (χ4v) is 3.93. The Morgan fingerprint density at radius 2 is 1.76 bits per heavy atom. The molecule has 1 aliphatic heterocycles. The van der Waals surface area contributed by atoms with Gasteiger partial charge in [-0.05, 0) is 23.3 Å². The molecule has 0 aliphatic carbocycles. The Bertz CT molecular complexity index is 734. The third-order valence-electron chi connectivity index (χ3n) is 4.05. The van der Waals surface area contributed by atoms with Crippen molar-refractivity contribution in [1.82, 2.24) is 4.90 Å². The van der Waals surface area contributed by atoms with Crippen LogP contribution in [0.1, 0.15) is 28.2 Å². The second-order valence-electron chi connectivity index (χ2n) is 5.76. The first kappa shape index (κ1) is 17.8. The summed E-state index contributed by atoms with van der Waals surface area (Å²) >= 11 is 1.35. The van der Waals surface area contributed by atoms with Crippen LogP contribution in [0.4, 0.5) is 13.2 Å². The molecule has 2 atom stereocenters. The van der Waals surface area contributed by atoms with E-state index in [2.05, 4.69) is 0 Å². The minimum atomic E-state index is -4.39. The lowest BCUT2D eigenvalue weighted by molar-refractivity contribution is -0.137. The molecule has 2 aromatic rings. The monoisotopic (exact) mass is 367 g/mol. The van der Waals surface area contributed by atoms with E-state index >= 15 is 0 Å². The van der Waals surface area contributed by atoms with Crippen LogP contribution in [0, 0.1) is 0 Å².